The predicted octanol–water partition coefficient (Wildman–Crippen LogP) is 3.91. The van der Waals surface area contributed by atoms with E-state index in [1.54, 1.807) is 0 Å². The highest BCUT2D eigenvalue weighted by Crippen LogP contribution is 2.01. The molecule has 0 unspecified atom stereocenters. The molecule has 0 aromatic heterocycles. The third-order valence-electron chi connectivity index (χ3n) is 2.65. The van der Waals surface area contributed by atoms with Gasteiger partial charge in [-0.1, -0.05) is 55.8 Å². The van der Waals surface area contributed by atoms with Crippen LogP contribution in [-0.4, -0.2) is 12.6 Å². The fourth-order valence-electron chi connectivity index (χ4n) is 1.59. The van der Waals surface area contributed by atoms with E-state index in [0.29, 0.717) is 13.0 Å². The first-order chi connectivity index (χ1) is 8.83. The number of carbonyl (C=O) groups is 1. The molecule has 0 saturated carbocycles. The molecule has 1 aromatic rings. The number of carbonyl (C=O) groups excluding carboxylic acids is 1. The zero-order chi connectivity index (χ0) is 13.1. The van der Waals surface area contributed by atoms with Crippen LogP contribution >= 0.6 is 0 Å². The Bertz CT molecular complexity index is 355. The quantitative estimate of drug-likeness (QED) is 0.395. The maximum atomic E-state index is 11.2. The Morgan fingerprint density at radius 3 is 2.72 bits per heavy atom. The molecule has 0 aliphatic heterocycles. The molecule has 2 nitrogen and oxygen atoms in total. The van der Waals surface area contributed by atoms with Gasteiger partial charge in [-0.3, -0.25) is 4.79 Å². The third kappa shape index (κ3) is 6.89. The van der Waals surface area contributed by atoms with Crippen LogP contribution in [-0.2, 0) is 16.0 Å². The Hall–Kier alpha value is -1.57. The van der Waals surface area contributed by atoms with Gasteiger partial charge in [0.15, 0.2) is 0 Å². The van der Waals surface area contributed by atoms with Crippen LogP contribution in [0.15, 0.2) is 42.5 Å². The van der Waals surface area contributed by atoms with Crippen molar-refractivity contribution in [3.05, 3.63) is 48.0 Å². The third-order valence-corrected chi connectivity index (χ3v) is 2.65. The van der Waals surface area contributed by atoms with Crippen LogP contribution in [0.4, 0.5) is 0 Å². The van der Waals surface area contributed by atoms with E-state index in [2.05, 4.69) is 31.2 Å². The molecule has 0 atom stereocenters. The minimum absolute atomic E-state index is 0.0756. The SMILES string of the molecule is CCCCC(=O)OCC/C=C/Cc1ccccc1. The van der Waals surface area contributed by atoms with Crippen LogP contribution < -0.4 is 0 Å². The first kappa shape index (κ1) is 14.5. The van der Waals surface area contributed by atoms with Gasteiger partial charge in [0.25, 0.3) is 0 Å². The molecule has 98 valence electrons. The number of allylic oxidation sites excluding steroid dienone is 1. The van der Waals surface area contributed by atoms with Crippen LogP contribution in [0.2, 0.25) is 0 Å². The highest BCUT2D eigenvalue weighted by Gasteiger charge is 1.99. The van der Waals surface area contributed by atoms with Crippen molar-refractivity contribution in [2.24, 2.45) is 0 Å². The number of hydrogen-bond donors (Lipinski definition) is 0. The normalized spacial score (nSPS) is 10.7. The van der Waals surface area contributed by atoms with E-state index in [1.807, 2.05) is 18.2 Å². The average molecular weight is 246 g/mol. The van der Waals surface area contributed by atoms with Crippen LogP contribution in [0, 0.1) is 0 Å². The lowest BCUT2D eigenvalue weighted by Crippen LogP contribution is -2.04. The van der Waals surface area contributed by atoms with Crippen molar-refractivity contribution in [2.75, 3.05) is 6.61 Å². The van der Waals surface area contributed by atoms with E-state index in [1.165, 1.54) is 5.56 Å². The number of ether oxygens (including phenoxy) is 1. The lowest BCUT2D eigenvalue weighted by molar-refractivity contribution is -0.143. The lowest BCUT2D eigenvalue weighted by atomic mass is 10.1. The van der Waals surface area contributed by atoms with E-state index in [-0.39, 0.29) is 5.97 Å². The summed E-state index contributed by atoms with van der Waals surface area (Å²) in [6.45, 7) is 2.56. The number of esters is 1. The molecule has 0 radical (unpaired) electrons. The molecule has 0 N–H and O–H groups in total. The molecule has 1 rings (SSSR count). The van der Waals surface area contributed by atoms with Gasteiger partial charge >= 0.3 is 5.97 Å². The van der Waals surface area contributed by atoms with Crippen molar-refractivity contribution in [3.8, 4) is 0 Å². The first-order valence-corrected chi connectivity index (χ1v) is 6.67. The molecule has 0 aliphatic carbocycles. The monoisotopic (exact) mass is 246 g/mol. The fraction of sp³-hybridized carbons (Fsp3) is 0.438. The van der Waals surface area contributed by atoms with Gasteiger partial charge in [0.05, 0.1) is 6.61 Å². The summed E-state index contributed by atoms with van der Waals surface area (Å²) in [5.41, 5.74) is 1.30. The van der Waals surface area contributed by atoms with Gasteiger partial charge in [0.1, 0.15) is 0 Å². The molecule has 0 amide bonds. The summed E-state index contributed by atoms with van der Waals surface area (Å²) in [6, 6.07) is 10.3. The Morgan fingerprint density at radius 2 is 2.00 bits per heavy atom. The molecule has 0 spiro atoms. The van der Waals surface area contributed by atoms with Gasteiger partial charge < -0.3 is 4.74 Å². The Morgan fingerprint density at radius 1 is 1.22 bits per heavy atom. The van der Waals surface area contributed by atoms with E-state index in [9.17, 15) is 4.79 Å². The molecule has 0 bridgehead atoms. The van der Waals surface area contributed by atoms with Crippen molar-refractivity contribution in [2.45, 2.75) is 39.0 Å². The second kappa shape index (κ2) is 9.46. The number of rotatable bonds is 8. The van der Waals surface area contributed by atoms with Gasteiger partial charge in [-0.2, -0.15) is 0 Å². The largest absolute Gasteiger partial charge is 0.465 e. The van der Waals surface area contributed by atoms with E-state index >= 15 is 0 Å². The number of hydrogen-bond acceptors (Lipinski definition) is 2. The molecular formula is C16H22O2. The number of unbranched alkanes of at least 4 members (excludes halogenated alkanes) is 1. The fourth-order valence-corrected chi connectivity index (χ4v) is 1.59. The Balaban J connectivity index is 2.06. The van der Waals surface area contributed by atoms with Crippen LogP contribution in [0.25, 0.3) is 0 Å². The van der Waals surface area contributed by atoms with E-state index < -0.39 is 0 Å². The molecule has 18 heavy (non-hydrogen) atoms. The molecule has 2 heteroatoms. The summed E-state index contributed by atoms with van der Waals surface area (Å²) in [6.07, 6.45) is 8.42. The van der Waals surface area contributed by atoms with Gasteiger partial charge in [-0.25, -0.2) is 0 Å². The van der Waals surface area contributed by atoms with Crippen molar-refractivity contribution >= 4 is 5.97 Å². The van der Waals surface area contributed by atoms with Crippen LogP contribution in [0.5, 0.6) is 0 Å². The lowest BCUT2D eigenvalue weighted by Gasteiger charge is -2.01. The minimum Gasteiger partial charge on any atom is -0.465 e. The summed E-state index contributed by atoms with van der Waals surface area (Å²) in [5.74, 6) is -0.0756. The minimum atomic E-state index is -0.0756. The molecule has 1 aromatic carbocycles. The van der Waals surface area contributed by atoms with Gasteiger partial charge in [0, 0.05) is 6.42 Å². The van der Waals surface area contributed by atoms with Gasteiger partial charge in [-0.05, 0) is 24.8 Å². The summed E-state index contributed by atoms with van der Waals surface area (Å²) in [4.78, 5) is 11.2. The van der Waals surface area contributed by atoms with Crippen molar-refractivity contribution < 1.29 is 9.53 Å². The highest BCUT2D eigenvalue weighted by atomic mass is 16.5. The van der Waals surface area contributed by atoms with E-state index in [4.69, 9.17) is 4.74 Å². The highest BCUT2D eigenvalue weighted by molar-refractivity contribution is 5.69. The summed E-state index contributed by atoms with van der Waals surface area (Å²) < 4.78 is 5.11. The van der Waals surface area contributed by atoms with Crippen molar-refractivity contribution in [3.63, 3.8) is 0 Å². The first-order valence-electron chi connectivity index (χ1n) is 6.67. The zero-order valence-corrected chi connectivity index (χ0v) is 11.1. The smallest absolute Gasteiger partial charge is 0.305 e. The maximum Gasteiger partial charge on any atom is 0.305 e. The zero-order valence-electron chi connectivity index (χ0n) is 11.1. The van der Waals surface area contributed by atoms with E-state index in [0.717, 1.165) is 25.7 Å². The predicted molar refractivity (Wildman–Crippen MR) is 74.4 cm³/mol. The standard InChI is InChI=1S/C16H22O2/c1-2-3-13-16(17)18-14-9-5-8-12-15-10-6-4-7-11-15/h4-8,10-11H,2-3,9,12-14H2,1H3/b8-5+. The molecule has 0 aliphatic rings. The second-order valence-electron chi connectivity index (χ2n) is 4.27. The van der Waals surface area contributed by atoms with Crippen molar-refractivity contribution in [1.82, 2.24) is 0 Å². The topological polar surface area (TPSA) is 26.3 Å². The van der Waals surface area contributed by atoms with Crippen molar-refractivity contribution in [1.29, 1.82) is 0 Å². The van der Waals surface area contributed by atoms with Crippen LogP contribution in [0.1, 0.15) is 38.2 Å². The summed E-state index contributed by atoms with van der Waals surface area (Å²) in [5, 5.41) is 0. The van der Waals surface area contributed by atoms with Crippen LogP contribution in [0.3, 0.4) is 0 Å². The second-order valence-corrected chi connectivity index (χ2v) is 4.27. The van der Waals surface area contributed by atoms with Gasteiger partial charge in [0.2, 0.25) is 0 Å². The maximum absolute atomic E-state index is 11.2. The summed E-state index contributed by atoms with van der Waals surface area (Å²) >= 11 is 0. The summed E-state index contributed by atoms with van der Waals surface area (Å²) in [7, 11) is 0. The molecule has 0 fully saturated rings. The molecule has 0 heterocycles. The van der Waals surface area contributed by atoms with Gasteiger partial charge in [-0.15, -0.1) is 0 Å². The number of benzene rings is 1. The Kier molecular flexibility index (Phi) is 7.61. The Labute approximate surface area is 110 Å². The molecular weight excluding hydrogens is 224 g/mol. The molecule has 0 saturated heterocycles. The average Bonchev–Trinajstić information content (AvgIpc) is 2.41.